The van der Waals surface area contributed by atoms with E-state index >= 15 is 0 Å². The molecule has 0 aromatic heterocycles. The molecule has 1 amide bonds. The number of hydrogen-bond acceptors (Lipinski definition) is 4. The van der Waals surface area contributed by atoms with E-state index in [-0.39, 0.29) is 11.7 Å². The molecule has 0 aliphatic heterocycles. The van der Waals surface area contributed by atoms with E-state index in [9.17, 15) is 13.2 Å². The van der Waals surface area contributed by atoms with E-state index in [0.29, 0.717) is 17.7 Å². The second-order valence-corrected chi connectivity index (χ2v) is 6.80. The molecule has 0 radical (unpaired) electrons. The lowest BCUT2D eigenvalue weighted by atomic mass is 10.2. The number of carbonyl (C=O) groups is 1. The largest absolute Gasteiger partial charge is 0.385 e. The summed E-state index contributed by atoms with van der Waals surface area (Å²) in [5, 5.41) is 3.18. The second-order valence-electron chi connectivity index (χ2n) is 4.69. The number of benzene rings is 1. The first-order valence-electron chi connectivity index (χ1n) is 6.80. The Kier molecular flexibility index (Phi) is 6.51. The number of hydrogen-bond donors (Lipinski definition) is 2. The van der Waals surface area contributed by atoms with Crippen molar-refractivity contribution in [1.29, 1.82) is 0 Å². The molecule has 1 aromatic rings. The highest BCUT2D eigenvalue weighted by atomic mass is 32.2. The Morgan fingerprint density at radius 2 is 1.85 bits per heavy atom. The average Bonchev–Trinajstić information content (AvgIpc) is 2.38. The van der Waals surface area contributed by atoms with Gasteiger partial charge in [0.05, 0.1) is 10.6 Å². The summed E-state index contributed by atoms with van der Waals surface area (Å²) in [5.41, 5.74) is 5.93. The van der Waals surface area contributed by atoms with Crippen molar-refractivity contribution in [1.82, 2.24) is 0 Å². The van der Waals surface area contributed by atoms with Crippen molar-refractivity contribution in [2.45, 2.75) is 37.5 Å². The fraction of sp³-hybridized carbons (Fsp3) is 0.500. The predicted octanol–water partition coefficient (Wildman–Crippen LogP) is 1.94. The molecule has 0 atom stereocenters. The van der Waals surface area contributed by atoms with Gasteiger partial charge in [0.1, 0.15) is 0 Å². The van der Waals surface area contributed by atoms with Crippen LogP contribution in [0.2, 0.25) is 0 Å². The van der Waals surface area contributed by atoms with Crippen molar-refractivity contribution in [3.05, 3.63) is 24.3 Å². The molecule has 1 aromatic carbocycles. The Hall–Kier alpha value is -1.56. The quantitative estimate of drug-likeness (QED) is 0.682. The van der Waals surface area contributed by atoms with Gasteiger partial charge in [0.2, 0.25) is 5.91 Å². The first-order valence-corrected chi connectivity index (χ1v) is 8.46. The molecule has 0 aliphatic carbocycles. The number of primary amides is 1. The lowest BCUT2D eigenvalue weighted by Gasteiger charge is -2.07. The maximum Gasteiger partial charge on any atom is 0.217 e. The summed E-state index contributed by atoms with van der Waals surface area (Å²) < 4.78 is 23.7. The molecular weight excluding hydrogens is 276 g/mol. The smallest absolute Gasteiger partial charge is 0.217 e. The maximum atomic E-state index is 11.8. The molecule has 0 unspecified atom stereocenters. The first kappa shape index (κ1) is 16.5. The Morgan fingerprint density at radius 3 is 2.40 bits per heavy atom. The van der Waals surface area contributed by atoms with Crippen molar-refractivity contribution in [3.63, 3.8) is 0 Å². The van der Waals surface area contributed by atoms with E-state index in [4.69, 9.17) is 5.73 Å². The van der Waals surface area contributed by atoms with Crippen LogP contribution in [-0.2, 0) is 14.6 Å². The second kappa shape index (κ2) is 7.89. The minimum atomic E-state index is -3.14. The molecule has 112 valence electrons. The lowest BCUT2D eigenvalue weighted by molar-refractivity contribution is -0.118. The van der Waals surface area contributed by atoms with E-state index < -0.39 is 9.84 Å². The van der Waals surface area contributed by atoms with Gasteiger partial charge in [-0.3, -0.25) is 4.79 Å². The number of sulfone groups is 1. The highest BCUT2D eigenvalue weighted by Crippen LogP contribution is 2.16. The Morgan fingerprint density at radius 1 is 1.20 bits per heavy atom. The monoisotopic (exact) mass is 298 g/mol. The van der Waals surface area contributed by atoms with Crippen LogP contribution in [0.25, 0.3) is 0 Å². The van der Waals surface area contributed by atoms with Gasteiger partial charge in [-0.05, 0) is 43.5 Å². The van der Waals surface area contributed by atoms with Crippen LogP contribution in [0.15, 0.2) is 29.2 Å². The molecule has 3 N–H and O–H groups in total. The molecule has 0 fully saturated rings. The predicted molar refractivity (Wildman–Crippen MR) is 80.3 cm³/mol. The van der Waals surface area contributed by atoms with E-state index in [1.54, 1.807) is 24.3 Å². The average molecular weight is 298 g/mol. The highest BCUT2D eigenvalue weighted by molar-refractivity contribution is 7.91. The summed E-state index contributed by atoms with van der Waals surface area (Å²) in [5.74, 6) is -0.108. The van der Waals surface area contributed by atoms with Gasteiger partial charge in [-0.1, -0.05) is 6.92 Å². The van der Waals surface area contributed by atoms with E-state index in [2.05, 4.69) is 5.32 Å². The van der Waals surface area contributed by atoms with E-state index in [0.717, 1.165) is 25.1 Å². The van der Waals surface area contributed by atoms with Crippen LogP contribution in [0.1, 0.15) is 32.6 Å². The number of unbranched alkanes of at least 4 members (excludes halogenated alkanes) is 1. The summed E-state index contributed by atoms with van der Waals surface area (Å²) in [4.78, 5) is 10.9. The van der Waals surface area contributed by atoms with E-state index in [1.807, 2.05) is 6.92 Å². The van der Waals surface area contributed by atoms with E-state index in [1.165, 1.54) is 0 Å². The normalized spacial score (nSPS) is 11.2. The van der Waals surface area contributed by atoms with Crippen LogP contribution < -0.4 is 11.1 Å². The molecule has 0 bridgehead atoms. The minimum Gasteiger partial charge on any atom is -0.385 e. The molecule has 0 saturated heterocycles. The van der Waals surface area contributed by atoms with Crippen molar-refractivity contribution in [2.24, 2.45) is 5.73 Å². The zero-order valence-corrected chi connectivity index (χ0v) is 12.6. The van der Waals surface area contributed by atoms with Crippen LogP contribution >= 0.6 is 0 Å². The molecule has 0 aliphatic rings. The van der Waals surface area contributed by atoms with Gasteiger partial charge in [0, 0.05) is 18.7 Å². The zero-order chi connectivity index (χ0) is 15.0. The minimum absolute atomic E-state index is 0.174. The Labute approximate surface area is 120 Å². The van der Waals surface area contributed by atoms with Crippen LogP contribution in [-0.4, -0.2) is 26.6 Å². The third-order valence-corrected chi connectivity index (χ3v) is 4.80. The third-order valence-electron chi connectivity index (χ3n) is 2.87. The first-order chi connectivity index (χ1) is 9.45. The lowest BCUT2D eigenvalue weighted by Crippen LogP contribution is -2.11. The van der Waals surface area contributed by atoms with Gasteiger partial charge in [0.15, 0.2) is 9.84 Å². The molecule has 0 spiro atoms. The summed E-state index contributed by atoms with van der Waals surface area (Å²) in [6.45, 7) is 2.58. The number of nitrogens with one attached hydrogen (secondary N) is 1. The third kappa shape index (κ3) is 5.61. The maximum absolute atomic E-state index is 11.8. The van der Waals surface area contributed by atoms with Crippen molar-refractivity contribution >= 4 is 21.4 Å². The zero-order valence-electron chi connectivity index (χ0n) is 11.8. The van der Waals surface area contributed by atoms with Crippen molar-refractivity contribution < 1.29 is 13.2 Å². The number of rotatable bonds is 9. The standard InChI is InChI=1S/C14H22N2O3S/c1-2-11-20(18,19)13-8-6-12(7-9-13)16-10-4-3-5-14(15)17/h6-9,16H,2-5,10-11H2,1H3,(H2,15,17). The summed E-state index contributed by atoms with van der Waals surface area (Å²) >= 11 is 0. The Balaban J connectivity index is 2.45. The molecule has 6 heteroatoms. The fourth-order valence-corrected chi connectivity index (χ4v) is 3.15. The van der Waals surface area contributed by atoms with Gasteiger partial charge in [0.25, 0.3) is 0 Å². The van der Waals surface area contributed by atoms with Crippen LogP contribution in [0.3, 0.4) is 0 Å². The SMILES string of the molecule is CCCS(=O)(=O)c1ccc(NCCCCC(N)=O)cc1. The summed E-state index contributed by atoms with van der Waals surface area (Å²) in [7, 11) is -3.14. The van der Waals surface area contributed by atoms with Crippen LogP contribution in [0.5, 0.6) is 0 Å². The number of anilines is 1. The van der Waals surface area contributed by atoms with Crippen molar-refractivity contribution in [2.75, 3.05) is 17.6 Å². The molecule has 20 heavy (non-hydrogen) atoms. The molecule has 0 saturated carbocycles. The molecule has 1 rings (SSSR count). The van der Waals surface area contributed by atoms with Crippen molar-refractivity contribution in [3.8, 4) is 0 Å². The summed E-state index contributed by atoms with van der Waals surface area (Å²) in [6.07, 6.45) is 2.61. The van der Waals surface area contributed by atoms with Gasteiger partial charge in [-0.25, -0.2) is 8.42 Å². The highest BCUT2D eigenvalue weighted by Gasteiger charge is 2.12. The fourth-order valence-electron chi connectivity index (χ4n) is 1.82. The molecule has 5 nitrogen and oxygen atoms in total. The number of amides is 1. The summed E-state index contributed by atoms with van der Waals surface area (Å²) in [6, 6.07) is 6.76. The van der Waals surface area contributed by atoms with Gasteiger partial charge >= 0.3 is 0 Å². The van der Waals surface area contributed by atoms with Crippen LogP contribution in [0, 0.1) is 0 Å². The van der Waals surface area contributed by atoms with Gasteiger partial charge in [-0.2, -0.15) is 0 Å². The topological polar surface area (TPSA) is 89.3 Å². The van der Waals surface area contributed by atoms with Gasteiger partial charge < -0.3 is 11.1 Å². The molecular formula is C14H22N2O3S. The number of carbonyl (C=O) groups excluding carboxylic acids is 1. The molecule has 0 heterocycles. The van der Waals surface area contributed by atoms with Gasteiger partial charge in [-0.15, -0.1) is 0 Å². The Bertz CT molecular complexity index is 524. The number of nitrogens with two attached hydrogens (primary N) is 1. The van der Waals surface area contributed by atoms with Crippen LogP contribution in [0.4, 0.5) is 5.69 Å².